The summed E-state index contributed by atoms with van der Waals surface area (Å²) in [7, 11) is 1.71. The van der Waals surface area contributed by atoms with Crippen molar-refractivity contribution in [3.8, 4) is 0 Å². The van der Waals surface area contributed by atoms with E-state index in [9.17, 15) is 4.79 Å². The minimum Gasteiger partial charge on any atom is -0.389 e. The second-order valence-corrected chi connectivity index (χ2v) is 5.22. The second-order valence-electron chi connectivity index (χ2n) is 4.78. The van der Waals surface area contributed by atoms with E-state index in [1.54, 1.807) is 31.4 Å². The van der Waals surface area contributed by atoms with Crippen molar-refractivity contribution in [2.24, 2.45) is 5.73 Å². The van der Waals surface area contributed by atoms with Gasteiger partial charge in [-0.05, 0) is 31.4 Å². The maximum Gasteiger partial charge on any atom is 0.251 e. The molecule has 1 aliphatic carbocycles. The predicted molar refractivity (Wildman–Crippen MR) is 78.2 cm³/mol. The van der Waals surface area contributed by atoms with Crippen LogP contribution in [0.4, 0.5) is 0 Å². The maximum atomic E-state index is 12.1. The number of thiocarbonyl (C=S) groups is 1. The normalized spacial score (nSPS) is 22.2. The van der Waals surface area contributed by atoms with Crippen LogP contribution in [0.25, 0.3) is 0 Å². The summed E-state index contributed by atoms with van der Waals surface area (Å²) >= 11 is 4.88. The van der Waals surface area contributed by atoms with Gasteiger partial charge in [0.25, 0.3) is 5.91 Å². The number of hydrogen-bond donors (Lipinski definition) is 2. The third-order valence-corrected chi connectivity index (χ3v) is 3.72. The number of carbonyl (C=O) groups is 1. The van der Waals surface area contributed by atoms with Crippen molar-refractivity contribution in [2.75, 3.05) is 7.11 Å². The molecule has 1 aromatic carbocycles. The molecule has 1 aliphatic rings. The fraction of sp³-hybridized carbons (Fsp3) is 0.429. The van der Waals surface area contributed by atoms with Crippen molar-refractivity contribution in [1.82, 2.24) is 5.32 Å². The van der Waals surface area contributed by atoms with E-state index in [1.165, 1.54) is 0 Å². The van der Waals surface area contributed by atoms with Crippen LogP contribution in [0.5, 0.6) is 0 Å². The van der Waals surface area contributed by atoms with Crippen LogP contribution in [-0.2, 0) is 4.74 Å². The zero-order valence-corrected chi connectivity index (χ0v) is 11.7. The minimum absolute atomic E-state index is 0.0590. The molecule has 0 saturated heterocycles. The number of nitrogens with two attached hydrogens (primary N) is 1. The summed E-state index contributed by atoms with van der Waals surface area (Å²) in [6, 6.07) is 7.22. The number of ether oxygens (including phenoxy) is 1. The highest BCUT2D eigenvalue weighted by atomic mass is 32.1. The summed E-state index contributed by atoms with van der Waals surface area (Å²) in [5.41, 5.74) is 6.92. The second kappa shape index (κ2) is 6.12. The van der Waals surface area contributed by atoms with Crippen LogP contribution in [0.15, 0.2) is 24.3 Å². The van der Waals surface area contributed by atoms with Gasteiger partial charge in [-0.25, -0.2) is 0 Å². The molecule has 2 atom stereocenters. The lowest BCUT2D eigenvalue weighted by molar-refractivity contribution is 0.0915. The van der Waals surface area contributed by atoms with E-state index in [-0.39, 0.29) is 18.1 Å². The molecule has 3 N–H and O–H groups in total. The van der Waals surface area contributed by atoms with Crippen molar-refractivity contribution in [1.29, 1.82) is 0 Å². The Hall–Kier alpha value is -1.46. The molecule has 5 heteroatoms. The highest BCUT2D eigenvalue weighted by Crippen LogP contribution is 2.21. The predicted octanol–water partition coefficient (Wildman–Crippen LogP) is 1.62. The molecule has 1 aromatic rings. The van der Waals surface area contributed by atoms with Crippen molar-refractivity contribution in [3.05, 3.63) is 35.4 Å². The van der Waals surface area contributed by atoms with E-state index in [2.05, 4.69) is 5.32 Å². The van der Waals surface area contributed by atoms with Gasteiger partial charge in [-0.2, -0.15) is 0 Å². The zero-order valence-electron chi connectivity index (χ0n) is 10.9. The Morgan fingerprint density at radius 1 is 1.32 bits per heavy atom. The van der Waals surface area contributed by atoms with Gasteiger partial charge in [-0.15, -0.1) is 0 Å². The molecule has 1 fully saturated rings. The van der Waals surface area contributed by atoms with Gasteiger partial charge in [0.05, 0.1) is 6.10 Å². The van der Waals surface area contributed by atoms with Crippen LogP contribution in [-0.4, -0.2) is 30.2 Å². The molecule has 0 aliphatic heterocycles. The largest absolute Gasteiger partial charge is 0.389 e. The smallest absolute Gasteiger partial charge is 0.251 e. The van der Waals surface area contributed by atoms with E-state index < -0.39 is 0 Å². The summed E-state index contributed by atoms with van der Waals surface area (Å²) in [6.07, 6.45) is 3.12. The van der Waals surface area contributed by atoms with Gasteiger partial charge >= 0.3 is 0 Å². The van der Waals surface area contributed by atoms with Crippen LogP contribution >= 0.6 is 12.2 Å². The summed E-state index contributed by atoms with van der Waals surface area (Å²) in [5.74, 6) is -0.0590. The highest BCUT2D eigenvalue weighted by Gasteiger charge is 2.25. The number of nitrogens with one attached hydrogen (secondary N) is 1. The fourth-order valence-electron chi connectivity index (χ4n) is 2.34. The van der Waals surface area contributed by atoms with Crippen LogP contribution in [0.1, 0.15) is 35.2 Å². The van der Waals surface area contributed by atoms with E-state index in [1.807, 2.05) is 0 Å². The molecular formula is C14H18N2O2S. The van der Waals surface area contributed by atoms with Crippen molar-refractivity contribution < 1.29 is 9.53 Å². The van der Waals surface area contributed by atoms with E-state index in [4.69, 9.17) is 22.7 Å². The lowest BCUT2D eigenvalue weighted by atomic mass is 10.1. The molecule has 0 aromatic heterocycles. The van der Waals surface area contributed by atoms with Gasteiger partial charge in [0.15, 0.2) is 0 Å². The van der Waals surface area contributed by atoms with Gasteiger partial charge in [0, 0.05) is 24.3 Å². The summed E-state index contributed by atoms with van der Waals surface area (Å²) in [4.78, 5) is 12.4. The summed E-state index contributed by atoms with van der Waals surface area (Å²) in [6.45, 7) is 0. The molecule has 102 valence electrons. The number of rotatable bonds is 4. The Morgan fingerprint density at radius 2 is 1.95 bits per heavy atom. The fourth-order valence-corrected chi connectivity index (χ4v) is 2.48. The molecular weight excluding hydrogens is 260 g/mol. The monoisotopic (exact) mass is 278 g/mol. The van der Waals surface area contributed by atoms with Crippen LogP contribution in [0.2, 0.25) is 0 Å². The Balaban J connectivity index is 1.95. The van der Waals surface area contributed by atoms with Gasteiger partial charge in [0.2, 0.25) is 0 Å². The molecule has 1 amide bonds. The Labute approximate surface area is 118 Å². The Bertz CT molecular complexity index is 473. The first kappa shape index (κ1) is 14.0. The number of benzene rings is 1. The standard InChI is InChI=1S/C14H18N2O2S/c1-18-12-7-6-11(8-12)16-14(17)10-4-2-9(3-5-10)13(15)19/h2-5,11-12H,6-8H2,1H3,(H2,15,19)(H,16,17). The van der Waals surface area contributed by atoms with Crippen molar-refractivity contribution in [3.63, 3.8) is 0 Å². The number of amides is 1. The van der Waals surface area contributed by atoms with E-state index >= 15 is 0 Å². The maximum absolute atomic E-state index is 12.1. The summed E-state index contributed by atoms with van der Waals surface area (Å²) in [5, 5.41) is 3.03. The third-order valence-electron chi connectivity index (χ3n) is 3.48. The highest BCUT2D eigenvalue weighted by molar-refractivity contribution is 7.80. The molecule has 2 rings (SSSR count). The lowest BCUT2D eigenvalue weighted by Crippen LogP contribution is -2.33. The van der Waals surface area contributed by atoms with Crippen LogP contribution < -0.4 is 11.1 Å². The third kappa shape index (κ3) is 3.52. The first-order valence-electron chi connectivity index (χ1n) is 6.33. The lowest BCUT2D eigenvalue weighted by Gasteiger charge is -2.13. The SMILES string of the molecule is COC1CCC(NC(=O)c2ccc(C(N)=S)cc2)C1. The molecule has 0 heterocycles. The minimum atomic E-state index is -0.0590. The topological polar surface area (TPSA) is 64.3 Å². The van der Waals surface area contributed by atoms with Crippen LogP contribution in [0.3, 0.4) is 0 Å². The first-order chi connectivity index (χ1) is 9.10. The molecule has 19 heavy (non-hydrogen) atoms. The van der Waals surface area contributed by atoms with E-state index in [0.717, 1.165) is 24.8 Å². The van der Waals surface area contributed by atoms with Gasteiger partial charge in [0.1, 0.15) is 4.99 Å². The molecule has 0 spiro atoms. The Kier molecular flexibility index (Phi) is 4.50. The molecule has 0 bridgehead atoms. The van der Waals surface area contributed by atoms with Gasteiger partial charge in [-0.3, -0.25) is 4.79 Å². The van der Waals surface area contributed by atoms with E-state index in [0.29, 0.717) is 10.6 Å². The first-order valence-corrected chi connectivity index (χ1v) is 6.74. The van der Waals surface area contributed by atoms with Gasteiger partial charge < -0.3 is 15.8 Å². The number of methoxy groups -OCH3 is 1. The van der Waals surface area contributed by atoms with Crippen molar-refractivity contribution >= 4 is 23.1 Å². The zero-order chi connectivity index (χ0) is 13.8. The molecule has 2 unspecified atom stereocenters. The molecule has 1 saturated carbocycles. The van der Waals surface area contributed by atoms with Gasteiger partial charge in [-0.1, -0.05) is 24.4 Å². The quantitative estimate of drug-likeness (QED) is 0.821. The number of carbonyl (C=O) groups excluding carboxylic acids is 1. The Morgan fingerprint density at radius 3 is 2.47 bits per heavy atom. The summed E-state index contributed by atoms with van der Waals surface area (Å²) < 4.78 is 5.29. The molecule has 0 radical (unpaired) electrons. The molecule has 4 nitrogen and oxygen atoms in total. The average molecular weight is 278 g/mol. The van der Waals surface area contributed by atoms with Crippen molar-refractivity contribution in [2.45, 2.75) is 31.4 Å². The van der Waals surface area contributed by atoms with Crippen LogP contribution in [0, 0.1) is 0 Å². The average Bonchev–Trinajstić information content (AvgIpc) is 2.86. The number of hydrogen-bond acceptors (Lipinski definition) is 3.